The predicted octanol–water partition coefficient (Wildman–Crippen LogP) is 3.41. The summed E-state index contributed by atoms with van der Waals surface area (Å²) in [6.07, 6.45) is -2.34. The number of piperidine rings is 1. The number of halogens is 3. The van der Waals surface area contributed by atoms with Crippen molar-refractivity contribution in [2.24, 2.45) is 5.92 Å². The van der Waals surface area contributed by atoms with E-state index in [-0.39, 0.29) is 30.6 Å². The number of aromatic nitrogens is 2. The molecule has 0 spiro atoms. The summed E-state index contributed by atoms with van der Waals surface area (Å²) in [7, 11) is -3.86. The number of benzene rings is 1. The highest BCUT2D eigenvalue weighted by atomic mass is 32.2. The lowest BCUT2D eigenvalue weighted by molar-refractivity contribution is -0.137. The summed E-state index contributed by atoms with van der Waals surface area (Å²) in [5.74, 6) is -0.404. The van der Waals surface area contributed by atoms with E-state index in [1.165, 1.54) is 34.8 Å². The van der Waals surface area contributed by atoms with E-state index < -0.39 is 27.7 Å². The summed E-state index contributed by atoms with van der Waals surface area (Å²) in [5.41, 5.74) is 0.109. The van der Waals surface area contributed by atoms with Crippen LogP contribution < -0.4 is 5.32 Å². The Hall–Kier alpha value is -3.12. The van der Waals surface area contributed by atoms with Gasteiger partial charge in [-0.05, 0) is 48.7 Å². The molecule has 8 nitrogen and oxygen atoms in total. The van der Waals surface area contributed by atoms with Crippen LogP contribution in [0.5, 0.6) is 0 Å². The number of hydrogen-bond acceptors (Lipinski definition) is 5. The molecule has 1 aromatic carbocycles. The zero-order valence-corrected chi connectivity index (χ0v) is 18.1. The van der Waals surface area contributed by atoms with Gasteiger partial charge in [0.05, 0.1) is 5.56 Å². The molecule has 0 radical (unpaired) electrons. The van der Waals surface area contributed by atoms with Crippen LogP contribution in [-0.2, 0) is 27.5 Å². The van der Waals surface area contributed by atoms with E-state index in [4.69, 9.17) is 4.42 Å². The maximum atomic E-state index is 12.9. The first-order chi connectivity index (χ1) is 15.6. The molecule has 2 aromatic heterocycles. The lowest BCUT2D eigenvalue weighted by Gasteiger charge is -2.29. The molecule has 0 aliphatic carbocycles. The van der Waals surface area contributed by atoms with Crippen LogP contribution in [0.2, 0.25) is 0 Å². The Morgan fingerprint density at radius 2 is 1.94 bits per heavy atom. The van der Waals surface area contributed by atoms with Gasteiger partial charge in [0, 0.05) is 31.7 Å². The number of hydrogen-bond donors (Lipinski definition) is 2. The fourth-order valence-electron chi connectivity index (χ4n) is 3.67. The Labute approximate surface area is 187 Å². The Kier molecular flexibility index (Phi) is 6.30. The smallest absolute Gasteiger partial charge is 0.416 e. The lowest BCUT2D eigenvalue weighted by atomic mass is 9.97. The van der Waals surface area contributed by atoms with Crippen molar-refractivity contribution in [2.75, 3.05) is 13.1 Å². The second-order valence-corrected chi connectivity index (χ2v) is 9.55. The largest absolute Gasteiger partial charge is 0.442 e. The SMILES string of the molecule is O=C(NCc1cccc(C(F)(F)F)c1)C1CCN(S(=O)(=O)c2ccc(-c3ccn[nH]3)o2)CC1. The molecule has 1 aliphatic heterocycles. The average molecular weight is 482 g/mol. The number of furan rings is 1. The normalized spacial score (nSPS) is 16.1. The molecule has 3 aromatic rings. The first kappa shape index (κ1) is 23.1. The van der Waals surface area contributed by atoms with E-state index in [1.54, 1.807) is 6.07 Å². The van der Waals surface area contributed by atoms with Crippen molar-refractivity contribution < 1.29 is 30.8 Å². The van der Waals surface area contributed by atoms with Gasteiger partial charge in [-0.25, -0.2) is 8.42 Å². The molecule has 12 heteroatoms. The maximum Gasteiger partial charge on any atom is 0.416 e. The zero-order chi connectivity index (χ0) is 23.6. The fraction of sp³-hybridized carbons (Fsp3) is 0.333. The fourth-order valence-corrected chi connectivity index (χ4v) is 5.05. The molecule has 176 valence electrons. The second-order valence-electron chi connectivity index (χ2n) is 7.68. The zero-order valence-electron chi connectivity index (χ0n) is 17.3. The molecule has 1 saturated heterocycles. The molecule has 33 heavy (non-hydrogen) atoms. The van der Waals surface area contributed by atoms with Crippen molar-refractivity contribution in [3.63, 3.8) is 0 Å². The summed E-state index contributed by atoms with van der Waals surface area (Å²) >= 11 is 0. The van der Waals surface area contributed by atoms with Crippen LogP contribution in [0, 0.1) is 5.92 Å². The number of aromatic amines is 1. The number of amides is 1. The third kappa shape index (κ3) is 5.11. The van der Waals surface area contributed by atoms with E-state index >= 15 is 0 Å². The highest BCUT2D eigenvalue weighted by molar-refractivity contribution is 7.89. The van der Waals surface area contributed by atoms with Crippen LogP contribution in [0.25, 0.3) is 11.5 Å². The Morgan fingerprint density at radius 1 is 1.18 bits per heavy atom. The molecule has 0 unspecified atom stereocenters. The topological polar surface area (TPSA) is 108 Å². The van der Waals surface area contributed by atoms with Crippen LogP contribution in [0.15, 0.2) is 58.2 Å². The first-order valence-corrected chi connectivity index (χ1v) is 11.6. The second kappa shape index (κ2) is 9.02. The average Bonchev–Trinajstić information content (AvgIpc) is 3.49. The van der Waals surface area contributed by atoms with Crippen molar-refractivity contribution in [3.8, 4) is 11.5 Å². The summed E-state index contributed by atoms with van der Waals surface area (Å²) < 4.78 is 71.0. The van der Waals surface area contributed by atoms with Gasteiger partial charge in [0.15, 0.2) is 5.76 Å². The van der Waals surface area contributed by atoms with Crippen LogP contribution in [0.1, 0.15) is 24.0 Å². The molecule has 0 saturated carbocycles. The van der Waals surface area contributed by atoms with Gasteiger partial charge in [-0.1, -0.05) is 12.1 Å². The van der Waals surface area contributed by atoms with E-state index in [1.807, 2.05) is 0 Å². The van der Waals surface area contributed by atoms with Crippen molar-refractivity contribution in [2.45, 2.75) is 30.7 Å². The van der Waals surface area contributed by atoms with Gasteiger partial charge < -0.3 is 9.73 Å². The Balaban J connectivity index is 1.32. The van der Waals surface area contributed by atoms with Gasteiger partial charge in [0.2, 0.25) is 11.0 Å². The Morgan fingerprint density at radius 3 is 2.61 bits per heavy atom. The highest BCUT2D eigenvalue weighted by Gasteiger charge is 2.34. The number of carbonyl (C=O) groups excluding carboxylic acids is 1. The highest BCUT2D eigenvalue weighted by Crippen LogP contribution is 2.30. The molecule has 3 heterocycles. The van der Waals surface area contributed by atoms with Gasteiger partial charge >= 0.3 is 6.18 Å². The molecule has 1 amide bonds. The molecule has 2 N–H and O–H groups in total. The minimum atomic E-state index is -4.45. The molecule has 0 atom stereocenters. The van der Waals surface area contributed by atoms with Gasteiger partial charge in [0.1, 0.15) is 5.69 Å². The van der Waals surface area contributed by atoms with E-state index in [0.717, 1.165) is 12.1 Å². The molecule has 4 rings (SSSR count). The molecule has 1 fully saturated rings. The standard InChI is InChI=1S/C21H21F3N4O4S/c22-21(23,24)16-3-1-2-14(12-16)13-25-20(29)15-7-10-28(11-8-15)33(30,31)19-5-4-18(32-19)17-6-9-26-27-17/h1-6,9,12,15H,7-8,10-11,13H2,(H,25,29)(H,26,27). The number of nitrogens with one attached hydrogen (secondary N) is 2. The number of sulfonamides is 1. The maximum absolute atomic E-state index is 12.9. The summed E-state index contributed by atoms with van der Waals surface area (Å²) in [4.78, 5) is 12.5. The van der Waals surface area contributed by atoms with Crippen LogP contribution in [0.4, 0.5) is 13.2 Å². The molecule has 1 aliphatic rings. The number of alkyl halides is 3. The minimum absolute atomic E-state index is 0.0377. The monoisotopic (exact) mass is 482 g/mol. The van der Waals surface area contributed by atoms with Crippen molar-refractivity contribution in [1.82, 2.24) is 19.8 Å². The third-order valence-electron chi connectivity index (χ3n) is 5.49. The summed E-state index contributed by atoms with van der Waals surface area (Å²) in [6.45, 7) is 0.220. The molecular formula is C21H21F3N4O4S. The number of carbonyl (C=O) groups is 1. The minimum Gasteiger partial charge on any atom is -0.442 e. The van der Waals surface area contributed by atoms with Crippen LogP contribution in [-0.4, -0.2) is 41.9 Å². The Bertz CT molecular complexity index is 1210. The van der Waals surface area contributed by atoms with E-state index in [2.05, 4.69) is 15.5 Å². The van der Waals surface area contributed by atoms with Crippen molar-refractivity contribution in [3.05, 3.63) is 59.8 Å². The van der Waals surface area contributed by atoms with Gasteiger partial charge in [-0.3, -0.25) is 9.89 Å². The van der Waals surface area contributed by atoms with E-state index in [0.29, 0.717) is 29.9 Å². The van der Waals surface area contributed by atoms with Gasteiger partial charge in [-0.15, -0.1) is 0 Å². The predicted molar refractivity (Wildman–Crippen MR) is 111 cm³/mol. The summed E-state index contributed by atoms with van der Waals surface area (Å²) in [6, 6.07) is 9.33. The number of H-pyrrole nitrogens is 1. The molecular weight excluding hydrogens is 461 g/mol. The van der Waals surface area contributed by atoms with E-state index in [9.17, 15) is 26.4 Å². The van der Waals surface area contributed by atoms with Crippen molar-refractivity contribution >= 4 is 15.9 Å². The van der Waals surface area contributed by atoms with Crippen LogP contribution >= 0.6 is 0 Å². The number of nitrogens with zero attached hydrogens (tertiary/aromatic N) is 2. The molecule has 0 bridgehead atoms. The van der Waals surface area contributed by atoms with Crippen LogP contribution in [0.3, 0.4) is 0 Å². The van der Waals surface area contributed by atoms with Gasteiger partial charge in [-0.2, -0.15) is 22.6 Å². The third-order valence-corrected chi connectivity index (χ3v) is 7.26. The summed E-state index contributed by atoms with van der Waals surface area (Å²) in [5, 5.41) is 8.95. The van der Waals surface area contributed by atoms with Gasteiger partial charge in [0.25, 0.3) is 10.0 Å². The first-order valence-electron chi connectivity index (χ1n) is 10.2. The quantitative estimate of drug-likeness (QED) is 0.560. The van der Waals surface area contributed by atoms with Crippen molar-refractivity contribution in [1.29, 1.82) is 0 Å². The lowest BCUT2D eigenvalue weighted by Crippen LogP contribution is -2.42. The number of rotatable bonds is 6.